The Kier molecular flexibility index (Phi) is 6.59. The van der Waals surface area contributed by atoms with Gasteiger partial charge in [-0.3, -0.25) is 4.90 Å². The summed E-state index contributed by atoms with van der Waals surface area (Å²) in [5, 5.41) is 10.3. The van der Waals surface area contributed by atoms with Gasteiger partial charge in [0.2, 0.25) is 0 Å². The maximum atomic E-state index is 10.3. The highest BCUT2D eigenvalue weighted by atomic mass is 16.3. The molecule has 3 nitrogen and oxygen atoms in total. The fourth-order valence-electron chi connectivity index (χ4n) is 2.65. The molecule has 0 aliphatic carbocycles. The quantitative estimate of drug-likeness (QED) is 0.811. The summed E-state index contributed by atoms with van der Waals surface area (Å²) in [6.45, 7) is 3.04. The molecule has 118 valence electrons. The van der Waals surface area contributed by atoms with E-state index < -0.39 is 0 Å². The number of likely N-dealkylation sites (N-methyl/N-ethyl adjacent to an activating group) is 1. The summed E-state index contributed by atoms with van der Waals surface area (Å²) < 4.78 is 0. The lowest BCUT2D eigenvalue weighted by Gasteiger charge is -2.26. The van der Waals surface area contributed by atoms with E-state index in [9.17, 15) is 5.11 Å². The molecule has 0 saturated carbocycles. The summed E-state index contributed by atoms with van der Waals surface area (Å²) in [7, 11) is 3.98. The summed E-state index contributed by atoms with van der Waals surface area (Å²) in [6.07, 6.45) is -0.345. The first-order chi connectivity index (χ1) is 10.6. The average Bonchev–Trinajstić information content (AvgIpc) is 2.48. The first-order valence-electron chi connectivity index (χ1n) is 7.76. The molecular formula is C19H26N2O. The highest BCUT2D eigenvalue weighted by Crippen LogP contribution is 2.11. The van der Waals surface area contributed by atoms with Gasteiger partial charge in [-0.05, 0) is 25.2 Å². The largest absolute Gasteiger partial charge is 0.390 e. The third-order valence-corrected chi connectivity index (χ3v) is 3.54. The van der Waals surface area contributed by atoms with Crippen molar-refractivity contribution < 1.29 is 5.11 Å². The number of rotatable bonds is 8. The van der Waals surface area contributed by atoms with E-state index in [-0.39, 0.29) is 6.10 Å². The van der Waals surface area contributed by atoms with Crippen molar-refractivity contribution in [1.82, 2.24) is 9.80 Å². The third-order valence-electron chi connectivity index (χ3n) is 3.54. The lowest BCUT2D eigenvalue weighted by molar-refractivity contribution is 0.0822. The number of aliphatic hydroxyl groups is 1. The van der Waals surface area contributed by atoms with Crippen molar-refractivity contribution in [3.05, 3.63) is 71.8 Å². The fraction of sp³-hybridized carbons (Fsp3) is 0.368. The predicted octanol–water partition coefficient (Wildman–Crippen LogP) is 2.61. The van der Waals surface area contributed by atoms with Crippen LogP contribution in [0, 0.1) is 0 Å². The van der Waals surface area contributed by atoms with Crippen LogP contribution in [0.25, 0.3) is 0 Å². The number of hydrogen-bond donors (Lipinski definition) is 1. The van der Waals surface area contributed by atoms with Crippen LogP contribution < -0.4 is 0 Å². The molecule has 0 spiro atoms. The molecule has 0 saturated heterocycles. The number of benzene rings is 2. The van der Waals surface area contributed by atoms with E-state index in [0.717, 1.165) is 13.1 Å². The van der Waals surface area contributed by atoms with Gasteiger partial charge in [0.05, 0.1) is 6.10 Å². The topological polar surface area (TPSA) is 26.7 Å². The molecule has 2 rings (SSSR count). The van der Waals surface area contributed by atoms with E-state index in [1.807, 2.05) is 31.1 Å². The molecule has 0 bridgehead atoms. The zero-order chi connectivity index (χ0) is 15.8. The van der Waals surface area contributed by atoms with Crippen LogP contribution in [0.3, 0.4) is 0 Å². The SMILES string of the molecule is CN(C)CC(O)CN(Cc1ccccc1)Cc1ccccc1. The first kappa shape index (κ1) is 16.7. The molecule has 0 fully saturated rings. The molecule has 2 aromatic carbocycles. The molecule has 0 radical (unpaired) electrons. The maximum Gasteiger partial charge on any atom is 0.0793 e. The molecule has 1 atom stereocenters. The minimum Gasteiger partial charge on any atom is -0.390 e. The standard InChI is InChI=1S/C19H26N2O/c1-20(2)15-19(22)16-21(13-17-9-5-3-6-10-17)14-18-11-7-4-8-12-18/h3-12,19,22H,13-16H2,1-2H3. The van der Waals surface area contributed by atoms with Crippen LogP contribution in [-0.2, 0) is 13.1 Å². The summed E-state index contributed by atoms with van der Waals surface area (Å²) >= 11 is 0. The molecular weight excluding hydrogens is 272 g/mol. The van der Waals surface area contributed by atoms with E-state index in [4.69, 9.17) is 0 Å². The van der Waals surface area contributed by atoms with Gasteiger partial charge in [-0.15, -0.1) is 0 Å². The highest BCUT2D eigenvalue weighted by Gasteiger charge is 2.13. The Labute approximate surface area is 133 Å². The Morgan fingerprint density at radius 3 is 1.64 bits per heavy atom. The van der Waals surface area contributed by atoms with E-state index in [0.29, 0.717) is 13.1 Å². The van der Waals surface area contributed by atoms with Crippen LogP contribution in [0.4, 0.5) is 0 Å². The second-order valence-corrected chi connectivity index (χ2v) is 6.06. The Morgan fingerprint density at radius 2 is 1.23 bits per heavy atom. The van der Waals surface area contributed by atoms with E-state index in [1.54, 1.807) is 0 Å². The van der Waals surface area contributed by atoms with E-state index in [1.165, 1.54) is 11.1 Å². The molecule has 0 aliphatic heterocycles. The van der Waals surface area contributed by atoms with Crippen molar-refractivity contribution in [2.24, 2.45) is 0 Å². The summed E-state index contributed by atoms with van der Waals surface area (Å²) in [5.41, 5.74) is 2.55. The molecule has 22 heavy (non-hydrogen) atoms. The van der Waals surface area contributed by atoms with Gasteiger partial charge in [0.1, 0.15) is 0 Å². The van der Waals surface area contributed by atoms with Crippen LogP contribution in [0.1, 0.15) is 11.1 Å². The van der Waals surface area contributed by atoms with Gasteiger partial charge < -0.3 is 10.0 Å². The van der Waals surface area contributed by atoms with Crippen molar-refractivity contribution in [3.63, 3.8) is 0 Å². The molecule has 1 N–H and O–H groups in total. The zero-order valence-corrected chi connectivity index (χ0v) is 13.5. The predicted molar refractivity (Wildman–Crippen MR) is 91.6 cm³/mol. The molecule has 3 heteroatoms. The van der Waals surface area contributed by atoms with Gasteiger partial charge in [-0.1, -0.05) is 60.7 Å². The molecule has 2 aromatic rings. The van der Waals surface area contributed by atoms with Crippen molar-refractivity contribution in [1.29, 1.82) is 0 Å². The number of hydrogen-bond acceptors (Lipinski definition) is 3. The van der Waals surface area contributed by atoms with Gasteiger partial charge in [0.15, 0.2) is 0 Å². The first-order valence-corrected chi connectivity index (χ1v) is 7.76. The Hall–Kier alpha value is -1.68. The summed E-state index contributed by atoms with van der Waals surface area (Å²) in [6, 6.07) is 20.9. The maximum absolute atomic E-state index is 10.3. The van der Waals surface area contributed by atoms with Gasteiger partial charge in [0.25, 0.3) is 0 Å². The van der Waals surface area contributed by atoms with Gasteiger partial charge in [-0.25, -0.2) is 0 Å². The van der Waals surface area contributed by atoms with Crippen molar-refractivity contribution in [3.8, 4) is 0 Å². The minimum absolute atomic E-state index is 0.345. The molecule has 0 aromatic heterocycles. The number of aliphatic hydroxyl groups excluding tert-OH is 1. The third kappa shape index (κ3) is 5.98. The summed E-state index contributed by atoms with van der Waals surface area (Å²) in [4.78, 5) is 4.33. The Morgan fingerprint density at radius 1 is 0.773 bits per heavy atom. The van der Waals surface area contributed by atoms with Crippen LogP contribution in [0.5, 0.6) is 0 Å². The van der Waals surface area contributed by atoms with Gasteiger partial charge in [-0.2, -0.15) is 0 Å². The van der Waals surface area contributed by atoms with Crippen molar-refractivity contribution >= 4 is 0 Å². The smallest absolute Gasteiger partial charge is 0.0793 e. The van der Waals surface area contributed by atoms with Crippen LogP contribution >= 0.6 is 0 Å². The number of nitrogens with zero attached hydrogens (tertiary/aromatic N) is 2. The second-order valence-electron chi connectivity index (χ2n) is 6.06. The van der Waals surface area contributed by atoms with Gasteiger partial charge in [0, 0.05) is 26.2 Å². The second kappa shape index (κ2) is 8.69. The van der Waals surface area contributed by atoms with Gasteiger partial charge >= 0.3 is 0 Å². The molecule has 0 amide bonds. The van der Waals surface area contributed by atoms with E-state index in [2.05, 4.69) is 53.4 Å². The fourth-order valence-corrected chi connectivity index (χ4v) is 2.65. The zero-order valence-electron chi connectivity index (χ0n) is 13.5. The molecule has 0 heterocycles. The molecule has 0 aliphatic rings. The monoisotopic (exact) mass is 298 g/mol. The summed E-state index contributed by atoms with van der Waals surface area (Å²) in [5.74, 6) is 0. The normalized spacial score (nSPS) is 12.8. The minimum atomic E-state index is -0.345. The molecule has 1 unspecified atom stereocenters. The lowest BCUT2D eigenvalue weighted by Crippen LogP contribution is -2.37. The average molecular weight is 298 g/mol. The van der Waals surface area contributed by atoms with Crippen LogP contribution in [-0.4, -0.2) is 48.2 Å². The highest BCUT2D eigenvalue weighted by molar-refractivity contribution is 5.17. The van der Waals surface area contributed by atoms with E-state index >= 15 is 0 Å². The van der Waals surface area contributed by atoms with Crippen molar-refractivity contribution in [2.45, 2.75) is 19.2 Å². The Bertz CT molecular complexity index is 486. The van der Waals surface area contributed by atoms with Crippen molar-refractivity contribution in [2.75, 3.05) is 27.2 Å². The van der Waals surface area contributed by atoms with Crippen LogP contribution in [0.15, 0.2) is 60.7 Å². The van der Waals surface area contributed by atoms with Crippen LogP contribution in [0.2, 0.25) is 0 Å². The lowest BCUT2D eigenvalue weighted by atomic mass is 10.1. The Balaban J connectivity index is 2.03.